The Kier molecular flexibility index (Phi) is 5.11. The summed E-state index contributed by atoms with van der Waals surface area (Å²) < 4.78 is 0. The fourth-order valence-corrected chi connectivity index (χ4v) is 2.72. The molecular weight excluding hydrogens is 311 g/mol. The Bertz CT molecular complexity index is 610. The predicted molar refractivity (Wildman–Crippen MR) is 82.4 cm³/mol. The first kappa shape index (κ1) is 15.7. The van der Waals surface area contributed by atoms with Crippen molar-refractivity contribution in [3.63, 3.8) is 0 Å². The highest BCUT2D eigenvalue weighted by Gasteiger charge is 2.35. The minimum atomic E-state index is -0.513. The molecule has 1 atom stereocenters. The van der Waals surface area contributed by atoms with Gasteiger partial charge in [0.05, 0.1) is 17.1 Å². The van der Waals surface area contributed by atoms with E-state index in [1.807, 2.05) is 0 Å². The van der Waals surface area contributed by atoms with Crippen LogP contribution in [-0.4, -0.2) is 35.8 Å². The highest BCUT2D eigenvalue weighted by Crippen LogP contribution is 2.26. The summed E-state index contributed by atoms with van der Waals surface area (Å²) in [6.07, 6.45) is 6.49. The molecule has 0 aliphatic carbocycles. The molecule has 4 nitrogen and oxygen atoms in total. The average Bonchev–Trinajstić information content (AvgIpc) is 2.96. The zero-order valence-electron chi connectivity index (χ0n) is 11.2. The summed E-state index contributed by atoms with van der Waals surface area (Å²) in [5.41, 5.74) is 0.306. The van der Waals surface area contributed by atoms with Crippen molar-refractivity contribution in [2.45, 2.75) is 18.9 Å². The lowest BCUT2D eigenvalue weighted by Crippen LogP contribution is -2.46. The molecule has 110 valence electrons. The summed E-state index contributed by atoms with van der Waals surface area (Å²) in [4.78, 5) is 26.1. The topological polar surface area (TPSA) is 49.4 Å². The molecule has 0 bridgehead atoms. The van der Waals surface area contributed by atoms with Crippen LogP contribution in [0.25, 0.3) is 0 Å². The third-order valence-electron chi connectivity index (χ3n) is 3.34. The van der Waals surface area contributed by atoms with Gasteiger partial charge in [0.1, 0.15) is 6.04 Å². The Hall–Kier alpha value is -1.70. The number of hydrogen-bond acceptors (Lipinski definition) is 2. The van der Waals surface area contributed by atoms with Crippen molar-refractivity contribution < 1.29 is 9.59 Å². The fourth-order valence-electron chi connectivity index (χ4n) is 2.35. The van der Waals surface area contributed by atoms with Crippen LogP contribution in [0.15, 0.2) is 18.2 Å². The van der Waals surface area contributed by atoms with Crippen molar-refractivity contribution in [1.29, 1.82) is 0 Å². The number of carbonyl (C=O) groups excluding carboxylic acids is 2. The molecule has 2 amide bonds. The van der Waals surface area contributed by atoms with E-state index in [4.69, 9.17) is 29.6 Å². The summed E-state index contributed by atoms with van der Waals surface area (Å²) in [6.45, 7) is 0.658. The van der Waals surface area contributed by atoms with Gasteiger partial charge in [-0.25, -0.2) is 0 Å². The Morgan fingerprint density at radius 2 is 2.19 bits per heavy atom. The van der Waals surface area contributed by atoms with Gasteiger partial charge in [-0.05, 0) is 31.0 Å². The maximum Gasteiger partial charge on any atom is 0.256 e. The standard InChI is InChI=1S/C15H14Cl2N2O2/c1-2-7-18-14(20)13-4-3-8-19(13)15(21)11-9-10(16)5-6-12(11)17/h1,5-6,9,13H,3-4,7-8H2,(H,18,20). The molecule has 21 heavy (non-hydrogen) atoms. The summed E-state index contributed by atoms with van der Waals surface area (Å²) in [6, 6.07) is 4.18. The molecule has 0 spiro atoms. The molecular formula is C15H14Cl2N2O2. The van der Waals surface area contributed by atoms with E-state index >= 15 is 0 Å². The van der Waals surface area contributed by atoms with Crippen LogP contribution >= 0.6 is 23.2 Å². The number of carbonyl (C=O) groups is 2. The molecule has 1 saturated heterocycles. The van der Waals surface area contributed by atoms with Gasteiger partial charge in [-0.1, -0.05) is 29.1 Å². The van der Waals surface area contributed by atoms with E-state index in [9.17, 15) is 9.59 Å². The van der Waals surface area contributed by atoms with E-state index < -0.39 is 6.04 Å². The molecule has 0 aromatic heterocycles. The van der Waals surface area contributed by atoms with Gasteiger partial charge in [-0.3, -0.25) is 9.59 Å². The van der Waals surface area contributed by atoms with E-state index in [-0.39, 0.29) is 18.4 Å². The van der Waals surface area contributed by atoms with Crippen LogP contribution in [0.4, 0.5) is 0 Å². The highest BCUT2D eigenvalue weighted by atomic mass is 35.5. The van der Waals surface area contributed by atoms with Gasteiger partial charge in [0, 0.05) is 11.6 Å². The van der Waals surface area contributed by atoms with Crippen LogP contribution < -0.4 is 5.32 Å². The molecule has 1 heterocycles. The van der Waals surface area contributed by atoms with Gasteiger partial charge in [0.2, 0.25) is 5.91 Å². The van der Waals surface area contributed by atoms with Gasteiger partial charge in [-0.15, -0.1) is 6.42 Å². The maximum absolute atomic E-state index is 12.6. The molecule has 1 fully saturated rings. The lowest BCUT2D eigenvalue weighted by Gasteiger charge is -2.24. The first-order valence-corrected chi connectivity index (χ1v) is 7.27. The Morgan fingerprint density at radius 1 is 1.43 bits per heavy atom. The van der Waals surface area contributed by atoms with E-state index in [0.29, 0.717) is 28.6 Å². The molecule has 6 heteroatoms. The van der Waals surface area contributed by atoms with E-state index in [2.05, 4.69) is 11.2 Å². The van der Waals surface area contributed by atoms with Crippen molar-refractivity contribution in [2.24, 2.45) is 0 Å². The smallest absolute Gasteiger partial charge is 0.256 e. The predicted octanol–water partition coefficient (Wildman–Crippen LogP) is 2.35. The van der Waals surface area contributed by atoms with Crippen LogP contribution in [0.2, 0.25) is 10.0 Å². The third-order valence-corrected chi connectivity index (χ3v) is 3.90. The monoisotopic (exact) mass is 324 g/mol. The van der Waals surface area contributed by atoms with Crippen molar-refractivity contribution in [3.8, 4) is 12.3 Å². The minimum Gasteiger partial charge on any atom is -0.343 e. The number of nitrogens with one attached hydrogen (secondary N) is 1. The number of nitrogens with zero attached hydrogens (tertiary/aromatic N) is 1. The number of likely N-dealkylation sites (tertiary alicyclic amines) is 1. The van der Waals surface area contributed by atoms with Crippen LogP contribution in [0.5, 0.6) is 0 Å². The van der Waals surface area contributed by atoms with Gasteiger partial charge < -0.3 is 10.2 Å². The van der Waals surface area contributed by atoms with Gasteiger partial charge in [0.25, 0.3) is 5.91 Å². The largest absolute Gasteiger partial charge is 0.343 e. The SMILES string of the molecule is C#CCNC(=O)C1CCCN1C(=O)c1cc(Cl)ccc1Cl. The Balaban J connectivity index is 2.19. The fraction of sp³-hybridized carbons (Fsp3) is 0.333. The second-order valence-electron chi connectivity index (χ2n) is 4.70. The Labute approximate surface area is 133 Å². The number of hydrogen-bond donors (Lipinski definition) is 1. The lowest BCUT2D eigenvalue weighted by atomic mass is 10.1. The zero-order valence-corrected chi connectivity index (χ0v) is 12.7. The van der Waals surface area contributed by atoms with Crippen molar-refractivity contribution in [3.05, 3.63) is 33.8 Å². The molecule has 1 unspecified atom stereocenters. The molecule has 1 aromatic carbocycles. The zero-order chi connectivity index (χ0) is 15.4. The molecule has 1 aliphatic rings. The maximum atomic E-state index is 12.6. The quantitative estimate of drug-likeness (QED) is 0.868. The lowest BCUT2D eigenvalue weighted by molar-refractivity contribution is -0.124. The summed E-state index contributed by atoms with van der Waals surface area (Å²) in [7, 11) is 0. The number of terminal acetylenes is 1. The van der Waals surface area contributed by atoms with Crippen LogP contribution in [-0.2, 0) is 4.79 Å². The number of benzene rings is 1. The summed E-state index contributed by atoms with van der Waals surface area (Å²) in [5, 5.41) is 3.35. The minimum absolute atomic E-state index is 0.148. The van der Waals surface area contributed by atoms with Crippen molar-refractivity contribution in [1.82, 2.24) is 10.2 Å². The van der Waals surface area contributed by atoms with Crippen molar-refractivity contribution in [2.75, 3.05) is 13.1 Å². The first-order chi connectivity index (χ1) is 10.0. The first-order valence-electron chi connectivity index (χ1n) is 6.51. The van der Waals surface area contributed by atoms with Crippen molar-refractivity contribution >= 4 is 35.0 Å². The molecule has 0 saturated carbocycles. The van der Waals surface area contributed by atoms with Crippen LogP contribution in [0.1, 0.15) is 23.2 Å². The van der Waals surface area contributed by atoms with E-state index in [0.717, 1.165) is 6.42 Å². The number of rotatable bonds is 3. The third kappa shape index (κ3) is 3.49. The van der Waals surface area contributed by atoms with Crippen LogP contribution in [0, 0.1) is 12.3 Å². The summed E-state index contributed by atoms with van der Waals surface area (Å²) in [5.74, 6) is 1.81. The molecule has 1 aliphatic heterocycles. The normalized spacial score (nSPS) is 17.4. The second kappa shape index (κ2) is 6.84. The number of halogens is 2. The van der Waals surface area contributed by atoms with Gasteiger partial charge in [0.15, 0.2) is 0 Å². The Morgan fingerprint density at radius 3 is 2.90 bits per heavy atom. The van der Waals surface area contributed by atoms with Crippen LogP contribution in [0.3, 0.4) is 0 Å². The second-order valence-corrected chi connectivity index (χ2v) is 5.55. The average molecular weight is 325 g/mol. The molecule has 2 rings (SSSR count). The van der Waals surface area contributed by atoms with E-state index in [1.165, 1.54) is 11.0 Å². The molecule has 0 radical (unpaired) electrons. The van der Waals surface area contributed by atoms with E-state index in [1.54, 1.807) is 12.1 Å². The highest BCUT2D eigenvalue weighted by molar-refractivity contribution is 6.35. The molecule has 1 aromatic rings. The number of amides is 2. The van der Waals surface area contributed by atoms with Gasteiger partial charge >= 0.3 is 0 Å². The van der Waals surface area contributed by atoms with Gasteiger partial charge in [-0.2, -0.15) is 0 Å². The molecule has 1 N–H and O–H groups in total. The summed E-state index contributed by atoms with van der Waals surface area (Å²) >= 11 is 12.0.